The lowest BCUT2D eigenvalue weighted by Gasteiger charge is -2.25. The van der Waals surface area contributed by atoms with E-state index in [1.807, 2.05) is 32.0 Å². The normalized spacial score (nSPS) is 16.0. The molecule has 1 atom stereocenters. The molecule has 1 amide bonds. The highest BCUT2D eigenvalue weighted by Gasteiger charge is 2.23. The van der Waals surface area contributed by atoms with Crippen LogP contribution in [-0.4, -0.2) is 47.3 Å². The van der Waals surface area contributed by atoms with Gasteiger partial charge in [0.1, 0.15) is 13.2 Å². The third kappa shape index (κ3) is 5.74. The van der Waals surface area contributed by atoms with Crippen LogP contribution in [0, 0.1) is 5.92 Å². The lowest BCUT2D eigenvalue weighted by molar-refractivity contribution is -0.122. The fourth-order valence-corrected chi connectivity index (χ4v) is 4.87. The van der Waals surface area contributed by atoms with Crippen LogP contribution in [0.5, 0.6) is 23.0 Å². The summed E-state index contributed by atoms with van der Waals surface area (Å²) < 4.78 is 50.2. The highest BCUT2D eigenvalue weighted by Crippen LogP contribution is 2.34. The number of hydrogen-bond donors (Lipinski definition) is 2. The van der Waals surface area contributed by atoms with Crippen molar-refractivity contribution in [3.8, 4) is 23.0 Å². The third-order valence-electron chi connectivity index (χ3n) is 5.58. The summed E-state index contributed by atoms with van der Waals surface area (Å²) >= 11 is 0. The second-order valence-corrected chi connectivity index (χ2v) is 10.3. The second-order valence-electron chi connectivity index (χ2n) is 8.50. The van der Waals surface area contributed by atoms with Gasteiger partial charge >= 0.3 is 0 Å². The summed E-state index contributed by atoms with van der Waals surface area (Å²) in [6.45, 7) is 5.97. The van der Waals surface area contributed by atoms with Crippen LogP contribution in [0.1, 0.15) is 38.3 Å². The zero-order chi connectivity index (χ0) is 24.1. The molecule has 2 aromatic rings. The Bertz CT molecular complexity index is 1130. The molecule has 2 heterocycles. The molecule has 1 unspecified atom stereocenters. The SMILES string of the molecule is CC(C)C(NC(=O)CCNS(=O)(=O)c1ccc2c(c1)OCCCO2)c1ccc2c(c1)OCCO2. The van der Waals surface area contributed by atoms with Gasteiger partial charge in [-0.1, -0.05) is 19.9 Å². The highest BCUT2D eigenvalue weighted by atomic mass is 32.2. The highest BCUT2D eigenvalue weighted by molar-refractivity contribution is 7.89. The number of rotatable bonds is 8. The minimum absolute atomic E-state index is 0.00243. The maximum atomic E-state index is 12.7. The number of benzene rings is 2. The predicted molar refractivity (Wildman–Crippen MR) is 125 cm³/mol. The van der Waals surface area contributed by atoms with Gasteiger partial charge in [0.05, 0.1) is 24.2 Å². The zero-order valence-corrected chi connectivity index (χ0v) is 20.2. The summed E-state index contributed by atoms with van der Waals surface area (Å²) in [6.07, 6.45) is 0.727. The van der Waals surface area contributed by atoms with Gasteiger partial charge in [-0.15, -0.1) is 0 Å². The van der Waals surface area contributed by atoms with Crippen LogP contribution in [0.15, 0.2) is 41.3 Å². The van der Waals surface area contributed by atoms with Crippen molar-refractivity contribution in [3.63, 3.8) is 0 Å². The van der Waals surface area contributed by atoms with Crippen molar-refractivity contribution in [3.05, 3.63) is 42.0 Å². The second kappa shape index (κ2) is 10.5. The van der Waals surface area contributed by atoms with E-state index in [9.17, 15) is 13.2 Å². The van der Waals surface area contributed by atoms with E-state index in [1.165, 1.54) is 12.1 Å². The van der Waals surface area contributed by atoms with Crippen molar-refractivity contribution >= 4 is 15.9 Å². The van der Waals surface area contributed by atoms with Gasteiger partial charge in [0, 0.05) is 25.5 Å². The number of hydrogen-bond acceptors (Lipinski definition) is 7. The van der Waals surface area contributed by atoms with Crippen LogP contribution < -0.4 is 29.0 Å². The van der Waals surface area contributed by atoms with E-state index in [-0.39, 0.29) is 35.7 Å². The lowest BCUT2D eigenvalue weighted by Crippen LogP contribution is -2.35. The van der Waals surface area contributed by atoms with Crippen LogP contribution in [0.3, 0.4) is 0 Å². The summed E-state index contributed by atoms with van der Waals surface area (Å²) in [4.78, 5) is 12.7. The maximum Gasteiger partial charge on any atom is 0.240 e. The molecule has 34 heavy (non-hydrogen) atoms. The maximum absolute atomic E-state index is 12.7. The Morgan fingerprint density at radius 3 is 2.24 bits per heavy atom. The van der Waals surface area contributed by atoms with Gasteiger partial charge in [0.25, 0.3) is 0 Å². The van der Waals surface area contributed by atoms with Crippen molar-refractivity contribution in [1.29, 1.82) is 0 Å². The average Bonchev–Trinajstić information content (AvgIpc) is 3.07. The first-order valence-electron chi connectivity index (χ1n) is 11.4. The van der Waals surface area contributed by atoms with E-state index in [2.05, 4.69) is 10.0 Å². The van der Waals surface area contributed by atoms with Gasteiger partial charge in [-0.3, -0.25) is 4.79 Å². The molecular weight excluding hydrogens is 460 g/mol. The molecule has 0 aromatic heterocycles. The first-order valence-corrected chi connectivity index (χ1v) is 12.9. The van der Waals surface area contributed by atoms with Crippen molar-refractivity contribution in [2.24, 2.45) is 5.92 Å². The van der Waals surface area contributed by atoms with Gasteiger partial charge < -0.3 is 24.3 Å². The summed E-state index contributed by atoms with van der Waals surface area (Å²) in [5.74, 6) is 2.13. The van der Waals surface area contributed by atoms with E-state index < -0.39 is 10.0 Å². The molecular formula is C24H30N2O7S. The first kappa shape index (κ1) is 24.2. The van der Waals surface area contributed by atoms with E-state index >= 15 is 0 Å². The topological polar surface area (TPSA) is 112 Å². The Balaban J connectivity index is 1.35. The molecule has 2 N–H and O–H groups in total. The van der Waals surface area contributed by atoms with E-state index in [1.54, 1.807) is 6.07 Å². The summed E-state index contributed by atoms with van der Waals surface area (Å²) in [6, 6.07) is 9.88. The average molecular weight is 491 g/mol. The minimum Gasteiger partial charge on any atom is -0.490 e. The molecule has 9 nitrogen and oxygen atoms in total. The number of sulfonamides is 1. The van der Waals surface area contributed by atoms with Crippen molar-refractivity contribution in [1.82, 2.24) is 10.0 Å². The van der Waals surface area contributed by atoms with E-state index in [0.717, 1.165) is 12.0 Å². The third-order valence-corrected chi connectivity index (χ3v) is 7.04. The quantitative estimate of drug-likeness (QED) is 0.585. The fraction of sp³-hybridized carbons (Fsp3) is 0.458. The standard InChI is InChI=1S/C24H30N2O7S/c1-16(2)24(17-4-6-19-21(14-17)33-13-12-32-19)26-23(27)8-9-25-34(28,29)18-5-7-20-22(15-18)31-11-3-10-30-20/h4-7,14-16,24-25H,3,8-13H2,1-2H3,(H,26,27). The summed E-state index contributed by atoms with van der Waals surface area (Å²) in [7, 11) is -3.80. The fourth-order valence-electron chi connectivity index (χ4n) is 3.83. The Morgan fingerprint density at radius 2 is 1.50 bits per heavy atom. The summed E-state index contributed by atoms with van der Waals surface area (Å²) in [5, 5.41) is 3.01. The van der Waals surface area contributed by atoms with Crippen molar-refractivity contribution in [2.75, 3.05) is 33.0 Å². The number of carbonyl (C=O) groups excluding carboxylic acids is 1. The number of nitrogens with one attached hydrogen (secondary N) is 2. The molecule has 0 spiro atoms. The van der Waals surface area contributed by atoms with Crippen molar-refractivity contribution < 1.29 is 32.2 Å². The summed E-state index contributed by atoms with van der Waals surface area (Å²) in [5.41, 5.74) is 0.903. The Labute approximate surface area is 199 Å². The number of amides is 1. The monoisotopic (exact) mass is 490 g/mol. The first-order chi connectivity index (χ1) is 16.3. The molecule has 2 aliphatic rings. The Morgan fingerprint density at radius 1 is 0.882 bits per heavy atom. The van der Waals surface area contributed by atoms with Gasteiger partial charge in [-0.25, -0.2) is 13.1 Å². The largest absolute Gasteiger partial charge is 0.490 e. The molecule has 0 aliphatic carbocycles. The van der Waals surface area contributed by atoms with Gasteiger partial charge in [-0.05, 0) is 35.7 Å². The molecule has 184 valence electrons. The molecule has 10 heteroatoms. The van der Waals surface area contributed by atoms with Crippen LogP contribution >= 0.6 is 0 Å². The van der Waals surface area contributed by atoms with Gasteiger partial charge in [-0.2, -0.15) is 0 Å². The lowest BCUT2D eigenvalue weighted by atomic mass is 9.95. The van der Waals surface area contributed by atoms with Crippen LogP contribution in [-0.2, 0) is 14.8 Å². The molecule has 2 aromatic carbocycles. The van der Waals surface area contributed by atoms with E-state index in [0.29, 0.717) is 49.4 Å². The molecule has 4 rings (SSSR count). The van der Waals surface area contributed by atoms with Crippen LogP contribution in [0.4, 0.5) is 0 Å². The molecule has 2 aliphatic heterocycles. The Hall–Kier alpha value is -2.98. The van der Waals surface area contributed by atoms with E-state index in [4.69, 9.17) is 18.9 Å². The molecule has 0 bridgehead atoms. The zero-order valence-electron chi connectivity index (χ0n) is 19.3. The molecule has 0 saturated heterocycles. The predicted octanol–water partition coefficient (Wildman–Crippen LogP) is 2.80. The van der Waals surface area contributed by atoms with Gasteiger partial charge in [0.2, 0.25) is 15.9 Å². The molecule has 0 saturated carbocycles. The molecule has 0 radical (unpaired) electrons. The molecule has 0 fully saturated rings. The number of fused-ring (bicyclic) bond motifs is 2. The smallest absolute Gasteiger partial charge is 0.240 e. The minimum atomic E-state index is -3.80. The van der Waals surface area contributed by atoms with Gasteiger partial charge in [0.15, 0.2) is 23.0 Å². The number of carbonyl (C=O) groups is 1. The number of ether oxygens (including phenoxy) is 4. The van der Waals surface area contributed by atoms with Crippen LogP contribution in [0.2, 0.25) is 0 Å². The van der Waals surface area contributed by atoms with Crippen LogP contribution in [0.25, 0.3) is 0 Å². The van der Waals surface area contributed by atoms with Crippen molar-refractivity contribution in [2.45, 2.75) is 37.6 Å². The Kier molecular flexibility index (Phi) is 7.47.